The Hall–Kier alpha value is -0.830. The fourth-order valence-electron chi connectivity index (χ4n) is 1.96. The number of benzene rings is 1. The van der Waals surface area contributed by atoms with Crippen molar-refractivity contribution in [3.05, 3.63) is 57.2 Å². The Morgan fingerprint density at radius 3 is 2.44 bits per heavy atom. The molecule has 0 aliphatic carbocycles. The van der Waals surface area contributed by atoms with E-state index < -0.39 is 6.10 Å². The number of hydrogen-bond donors (Lipinski definition) is 1. The number of aliphatic hydroxyl groups is 1. The summed E-state index contributed by atoms with van der Waals surface area (Å²) in [5.74, 6) is 0. The van der Waals surface area contributed by atoms with Gasteiger partial charge in [-0.05, 0) is 17.0 Å². The summed E-state index contributed by atoms with van der Waals surface area (Å²) >= 11 is 7.68. The van der Waals surface area contributed by atoms with E-state index in [0.29, 0.717) is 6.42 Å². The molecule has 1 atom stereocenters. The van der Waals surface area contributed by atoms with Gasteiger partial charge in [0.1, 0.15) is 0 Å². The van der Waals surface area contributed by atoms with Gasteiger partial charge in [0.05, 0.1) is 11.1 Å². The fourth-order valence-corrected chi connectivity index (χ4v) is 3.11. The molecule has 0 fully saturated rings. The largest absolute Gasteiger partial charge is 0.392 e. The van der Waals surface area contributed by atoms with Crippen molar-refractivity contribution in [1.82, 2.24) is 0 Å². The highest BCUT2D eigenvalue weighted by Crippen LogP contribution is 2.32. The summed E-state index contributed by atoms with van der Waals surface area (Å²) in [5.41, 5.74) is 0.861. The van der Waals surface area contributed by atoms with Gasteiger partial charge in [-0.3, -0.25) is 0 Å². The summed E-state index contributed by atoms with van der Waals surface area (Å²) in [6.07, 6.45) is 0.148. The molecule has 18 heavy (non-hydrogen) atoms. The molecule has 2 rings (SSSR count). The second kappa shape index (κ2) is 5.43. The molecule has 0 amide bonds. The molecule has 1 aromatic carbocycles. The highest BCUT2D eigenvalue weighted by molar-refractivity contribution is 7.10. The molecule has 1 heterocycles. The molecule has 1 aromatic heterocycles. The molecule has 0 radical (unpaired) electrons. The first kappa shape index (κ1) is 13.6. The molecule has 3 heteroatoms. The van der Waals surface area contributed by atoms with Gasteiger partial charge >= 0.3 is 0 Å². The van der Waals surface area contributed by atoms with E-state index in [1.54, 1.807) is 11.3 Å². The number of hydrogen-bond acceptors (Lipinski definition) is 2. The van der Waals surface area contributed by atoms with E-state index in [1.165, 1.54) is 0 Å². The molecule has 96 valence electrons. The van der Waals surface area contributed by atoms with Crippen LogP contribution in [0, 0.1) is 0 Å². The highest BCUT2D eigenvalue weighted by Gasteiger charge is 2.30. The van der Waals surface area contributed by atoms with E-state index in [4.69, 9.17) is 11.6 Å². The first-order valence-corrected chi connectivity index (χ1v) is 7.23. The van der Waals surface area contributed by atoms with E-state index in [9.17, 15) is 5.11 Å². The molecular weight excluding hydrogens is 264 g/mol. The molecule has 0 bridgehead atoms. The lowest BCUT2D eigenvalue weighted by molar-refractivity contribution is 0.101. The lowest BCUT2D eigenvalue weighted by Gasteiger charge is -2.31. The van der Waals surface area contributed by atoms with Crippen LogP contribution < -0.4 is 0 Å². The number of thiophene rings is 1. The van der Waals surface area contributed by atoms with Crippen LogP contribution in [0.1, 0.15) is 24.3 Å². The van der Waals surface area contributed by atoms with Crippen LogP contribution in [0.3, 0.4) is 0 Å². The summed E-state index contributed by atoms with van der Waals surface area (Å²) in [7, 11) is 0. The Kier molecular flexibility index (Phi) is 4.10. The Balaban J connectivity index is 2.18. The summed E-state index contributed by atoms with van der Waals surface area (Å²) < 4.78 is 0. The monoisotopic (exact) mass is 280 g/mol. The lowest BCUT2D eigenvalue weighted by Crippen LogP contribution is -2.35. The van der Waals surface area contributed by atoms with Crippen molar-refractivity contribution in [3.63, 3.8) is 0 Å². The normalized spacial score (nSPS) is 13.6. The third kappa shape index (κ3) is 2.77. The highest BCUT2D eigenvalue weighted by atomic mass is 35.5. The number of aliphatic hydroxyl groups excluding tert-OH is 1. The topological polar surface area (TPSA) is 20.2 Å². The third-order valence-electron chi connectivity index (χ3n) is 3.42. The van der Waals surface area contributed by atoms with Gasteiger partial charge in [-0.15, -0.1) is 11.3 Å². The van der Waals surface area contributed by atoms with Crippen LogP contribution in [0.2, 0.25) is 5.02 Å². The summed E-state index contributed by atoms with van der Waals surface area (Å²) in [4.78, 5) is 1.05. The molecule has 0 spiro atoms. The number of halogens is 1. The van der Waals surface area contributed by atoms with Crippen molar-refractivity contribution in [3.8, 4) is 0 Å². The second-order valence-corrected chi connectivity index (χ2v) is 6.41. The maximum atomic E-state index is 10.5. The van der Waals surface area contributed by atoms with Crippen molar-refractivity contribution in [2.45, 2.75) is 31.8 Å². The quantitative estimate of drug-likeness (QED) is 0.886. The SMILES string of the molecule is CC(C)(c1ccccc1)C(O)Cc1sccc1Cl. The van der Waals surface area contributed by atoms with E-state index >= 15 is 0 Å². The minimum Gasteiger partial charge on any atom is -0.392 e. The Morgan fingerprint density at radius 2 is 1.89 bits per heavy atom. The zero-order valence-electron chi connectivity index (χ0n) is 10.6. The summed E-state index contributed by atoms with van der Waals surface area (Å²) in [5, 5.41) is 13.2. The molecule has 0 aliphatic heterocycles. The maximum absolute atomic E-state index is 10.5. The minimum absolute atomic E-state index is 0.283. The van der Waals surface area contributed by atoms with Crippen LogP contribution in [0.5, 0.6) is 0 Å². The van der Waals surface area contributed by atoms with Crippen molar-refractivity contribution in [2.24, 2.45) is 0 Å². The van der Waals surface area contributed by atoms with E-state index in [0.717, 1.165) is 15.5 Å². The van der Waals surface area contributed by atoms with Crippen molar-refractivity contribution in [1.29, 1.82) is 0 Å². The Labute approximate surface area is 117 Å². The van der Waals surface area contributed by atoms with Crippen LogP contribution >= 0.6 is 22.9 Å². The zero-order valence-corrected chi connectivity index (χ0v) is 12.1. The molecule has 0 aliphatic rings. The fraction of sp³-hybridized carbons (Fsp3) is 0.333. The Morgan fingerprint density at radius 1 is 1.22 bits per heavy atom. The molecule has 1 unspecified atom stereocenters. The maximum Gasteiger partial charge on any atom is 0.0680 e. The predicted octanol–water partition coefficient (Wildman–Crippen LogP) is 4.28. The van der Waals surface area contributed by atoms with Gasteiger partial charge < -0.3 is 5.11 Å². The summed E-state index contributed by atoms with van der Waals surface area (Å²) in [6.45, 7) is 4.13. The van der Waals surface area contributed by atoms with Crippen LogP contribution in [0.15, 0.2) is 41.8 Å². The minimum atomic E-state index is -0.448. The van der Waals surface area contributed by atoms with Crippen molar-refractivity contribution >= 4 is 22.9 Å². The van der Waals surface area contributed by atoms with Gasteiger partial charge in [0, 0.05) is 16.7 Å². The van der Waals surface area contributed by atoms with E-state index in [1.807, 2.05) is 29.6 Å². The molecular formula is C15H17ClOS. The first-order chi connectivity index (χ1) is 8.51. The predicted molar refractivity (Wildman–Crippen MR) is 78.5 cm³/mol. The van der Waals surface area contributed by atoms with Gasteiger partial charge in [0.25, 0.3) is 0 Å². The van der Waals surface area contributed by atoms with Crippen LogP contribution in [-0.4, -0.2) is 11.2 Å². The summed E-state index contributed by atoms with van der Waals surface area (Å²) in [6, 6.07) is 12.0. The Bertz CT molecular complexity index is 504. The zero-order chi connectivity index (χ0) is 13.2. The van der Waals surface area contributed by atoms with Crippen LogP contribution in [0.4, 0.5) is 0 Å². The van der Waals surface area contributed by atoms with Crippen LogP contribution in [-0.2, 0) is 11.8 Å². The van der Waals surface area contributed by atoms with Gasteiger partial charge in [0.2, 0.25) is 0 Å². The van der Waals surface area contributed by atoms with Gasteiger partial charge in [0.15, 0.2) is 0 Å². The van der Waals surface area contributed by atoms with E-state index in [2.05, 4.69) is 26.0 Å². The number of rotatable bonds is 4. The molecule has 0 saturated carbocycles. The van der Waals surface area contributed by atoms with Crippen molar-refractivity contribution in [2.75, 3.05) is 0 Å². The second-order valence-electron chi connectivity index (χ2n) is 5.00. The third-order valence-corrected chi connectivity index (χ3v) is 4.83. The van der Waals surface area contributed by atoms with Gasteiger partial charge in [-0.1, -0.05) is 55.8 Å². The average Bonchev–Trinajstić information content (AvgIpc) is 2.76. The average molecular weight is 281 g/mol. The molecule has 0 saturated heterocycles. The van der Waals surface area contributed by atoms with E-state index in [-0.39, 0.29) is 5.41 Å². The van der Waals surface area contributed by atoms with Crippen LogP contribution in [0.25, 0.3) is 0 Å². The standard InChI is InChI=1S/C15H17ClOS/c1-15(2,11-6-4-3-5-7-11)14(17)10-13-12(16)8-9-18-13/h3-9,14,17H,10H2,1-2H3. The molecule has 2 aromatic rings. The van der Waals surface area contributed by atoms with Gasteiger partial charge in [-0.2, -0.15) is 0 Å². The molecule has 1 N–H and O–H groups in total. The first-order valence-electron chi connectivity index (χ1n) is 5.97. The smallest absolute Gasteiger partial charge is 0.0680 e. The molecule has 1 nitrogen and oxygen atoms in total. The van der Waals surface area contributed by atoms with Crippen molar-refractivity contribution < 1.29 is 5.11 Å². The lowest BCUT2D eigenvalue weighted by atomic mass is 9.78. The van der Waals surface area contributed by atoms with Gasteiger partial charge in [-0.25, -0.2) is 0 Å².